The molecule has 1 aliphatic heterocycles. The van der Waals surface area contributed by atoms with Crippen molar-refractivity contribution >= 4 is 33.4 Å². The van der Waals surface area contributed by atoms with Crippen LogP contribution in [0.25, 0.3) is 21.8 Å². The maximum absolute atomic E-state index is 12.3. The topological polar surface area (TPSA) is 76.2 Å². The molecule has 6 heteroatoms. The molecule has 2 N–H and O–H groups in total. The van der Waals surface area contributed by atoms with Crippen LogP contribution in [-0.2, 0) is 11.2 Å². The minimum Gasteiger partial charge on any atom is -0.454 e. The van der Waals surface area contributed by atoms with Crippen molar-refractivity contribution in [3.05, 3.63) is 60.4 Å². The lowest BCUT2D eigenvalue weighted by Gasteiger charge is -2.06. The molecule has 2 aromatic carbocycles. The first-order valence-electron chi connectivity index (χ1n) is 8.81. The van der Waals surface area contributed by atoms with E-state index < -0.39 is 0 Å². The second-order valence-electron chi connectivity index (χ2n) is 6.51. The molecule has 0 saturated heterocycles. The second-order valence-corrected chi connectivity index (χ2v) is 6.51. The van der Waals surface area contributed by atoms with Crippen LogP contribution in [0.1, 0.15) is 12.1 Å². The summed E-state index contributed by atoms with van der Waals surface area (Å²) in [5.41, 5.74) is 3.69. The van der Waals surface area contributed by atoms with Crippen molar-refractivity contribution in [1.29, 1.82) is 0 Å². The molecule has 27 heavy (non-hydrogen) atoms. The standard InChI is InChI=1S/C21H17N3O3/c25-21(23-14-5-7-19-20(10-14)27-12-26-19)8-6-13-9-16-15-3-1-2-4-17(15)24-18(16)11-22-13/h1-5,7,9-11,24H,6,8,12H2,(H,23,25). The van der Waals surface area contributed by atoms with Crippen LogP contribution in [0.15, 0.2) is 54.7 Å². The number of carbonyl (C=O) groups excluding carboxylic acids is 1. The van der Waals surface area contributed by atoms with E-state index in [0.29, 0.717) is 30.0 Å². The van der Waals surface area contributed by atoms with E-state index >= 15 is 0 Å². The molecular formula is C21H17N3O3. The highest BCUT2D eigenvalue weighted by Gasteiger charge is 2.14. The summed E-state index contributed by atoms with van der Waals surface area (Å²) in [5.74, 6) is 1.29. The number of benzene rings is 2. The molecule has 0 aliphatic carbocycles. The Balaban J connectivity index is 1.29. The molecule has 0 atom stereocenters. The van der Waals surface area contributed by atoms with E-state index in [1.807, 2.05) is 30.5 Å². The van der Waals surface area contributed by atoms with E-state index in [0.717, 1.165) is 22.1 Å². The first-order chi connectivity index (χ1) is 13.3. The maximum atomic E-state index is 12.3. The summed E-state index contributed by atoms with van der Waals surface area (Å²) in [4.78, 5) is 20.1. The molecule has 1 amide bonds. The SMILES string of the molecule is O=C(CCc1cc2c(cn1)[nH]c1ccccc12)Nc1ccc2c(c1)OCO2. The van der Waals surface area contributed by atoms with Crippen LogP contribution in [0.3, 0.4) is 0 Å². The predicted molar refractivity (Wildman–Crippen MR) is 103 cm³/mol. The Kier molecular flexibility index (Phi) is 3.67. The first kappa shape index (κ1) is 15.7. The summed E-state index contributed by atoms with van der Waals surface area (Å²) in [5, 5.41) is 5.19. The van der Waals surface area contributed by atoms with Gasteiger partial charge >= 0.3 is 0 Å². The van der Waals surface area contributed by atoms with Gasteiger partial charge in [-0.3, -0.25) is 9.78 Å². The smallest absolute Gasteiger partial charge is 0.231 e. The lowest BCUT2D eigenvalue weighted by atomic mass is 10.1. The van der Waals surface area contributed by atoms with Gasteiger partial charge in [0, 0.05) is 40.2 Å². The average molecular weight is 359 g/mol. The van der Waals surface area contributed by atoms with Gasteiger partial charge in [0.05, 0.1) is 11.7 Å². The number of anilines is 1. The highest BCUT2D eigenvalue weighted by Crippen LogP contribution is 2.34. The van der Waals surface area contributed by atoms with Crippen LogP contribution < -0.4 is 14.8 Å². The Morgan fingerprint density at radius 1 is 1.04 bits per heavy atom. The molecule has 4 aromatic rings. The van der Waals surface area contributed by atoms with Gasteiger partial charge in [0.25, 0.3) is 0 Å². The molecule has 1 aliphatic rings. The quantitative estimate of drug-likeness (QED) is 0.577. The van der Waals surface area contributed by atoms with Gasteiger partial charge in [0.15, 0.2) is 11.5 Å². The minimum atomic E-state index is -0.0605. The number of amides is 1. The van der Waals surface area contributed by atoms with Gasteiger partial charge in [-0.05, 0) is 30.7 Å². The van der Waals surface area contributed by atoms with Crippen molar-refractivity contribution in [2.75, 3.05) is 12.1 Å². The van der Waals surface area contributed by atoms with Gasteiger partial charge in [0.1, 0.15) is 0 Å². The van der Waals surface area contributed by atoms with Crippen LogP contribution in [-0.4, -0.2) is 22.7 Å². The summed E-state index contributed by atoms with van der Waals surface area (Å²) >= 11 is 0. The van der Waals surface area contributed by atoms with Crippen molar-refractivity contribution < 1.29 is 14.3 Å². The van der Waals surface area contributed by atoms with Gasteiger partial charge in [-0.25, -0.2) is 0 Å². The first-order valence-corrected chi connectivity index (χ1v) is 8.81. The van der Waals surface area contributed by atoms with Crippen LogP contribution >= 0.6 is 0 Å². The molecule has 0 bridgehead atoms. The number of aryl methyl sites for hydroxylation is 1. The monoisotopic (exact) mass is 359 g/mol. The molecular weight excluding hydrogens is 342 g/mol. The number of H-pyrrole nitrogens is 1. The van der Waals surface area contributed by atoms with Crippen molar-refractivity contribution in [3.63, 3.8) is 0 Å². The number of aromatic nitrogens is 2. The highest BCUT2D eigenvalue weighted by molar-refractivity contribution is 6.07. The summed E-state index contributed by atoms with van der Waals surface area (Å²) < 4.78 is 10.6. The second kappa shape index (κ2) is 6.32. The largest absolute Gasteiger partial charge is 0.454 e. The van der Waals surface area contributed by atoms with Crippen molar-refractivity contribution in [2.24, 2.45) is 0 Å². The van der Waals surface area contributed by atoms with Crippen LogP contribution in [0.2, 0.25) is 0 Å². The third kappa shape index (κ3) is 2.95. The summed E-state index contributed by atoms with van der Waals surface area (Å²) in [6.45, 7) is 0.217. The molecule has 0 unspecified atom stereocenters. The molecule has 5 rings (SSSR count). The normalized spacial score (nSPS) is 12.6. The maximum Gasteiger partial charge on any atom is 0.231 e. The highest BCUT2D eigenvalue weighted by atomic mass is 16.7. The third-order valence-electron chi connectivity index (χ3n) is 4.71. The number of carbonyl (C=O) groups is 1. The number of aromatic amines is 1. The number of para-hydroxylation sites is 1. The van der Waals surface area contributed by atoms with Crippen LogP contribution in [0.4, 0.5) is 5.69 Å². The Hall–Kier alpha value is -3.54. The number of hydrogen-bond acceptors (Lipinski definition) is 4. The number of ether oxygens (including phenoxy) is 2. The number of nitrogens with zero attached hydrogens (tertiary/aromatic N) is 1. The third-order valence-corrected chi connectivity index (χ3v) is 4.71. The van der Waals surface area contributed by atoms with E-state index in [9.17, 15) is 4.79 Å². The van der Waals surface area contributed by atoms with Crippen molar-refractivity contribution in [2.45, 2.75) is 12.8 Å². The predicted octanol–water partition coefficient (Wildman–Crippen LogP) is 4.02. The Morgan fingerprint density at radius 3 is 2.89 bits per heavy atom. The van der Waals surface area contributed by atoms with E-state index in [1.165, 1.54) is 5.39 Å². The minimum absolute atomic E-state index is 0.0605. The number of rotatable bonds is 4. The molecule has 0 spiro atoms. The van der Waals surface area contributed by atoms with E-state index in [-0.39, 0.29) is 12.7 Å². The number of hydrogen-bond donors (Lipinski definition) is 2. The number of fused-ring (bicyclic) bond motifs is 4. The van der Waals surface area contributed by atoms with Gasteiger partial charge in [-0.1, -0.05) is 18.2 Å². The number of pyridine rings is 1. The number of nitrogens with one attached hydrogen (secondary N) is 2. The van der Waals surface area contributed by atoms with Gasteiger partial charge in [-0.15, -0.1) is 0 Å². The summed E-state index contributed by atoms with van der Waals surface area (Å²) in [7, 11) is 0. The average Bonchev–Trinajstić information content (AvgIpc) is 3.30. The lowest BCUT2D eigenvalue weighted by molar-refractivity contribution is -0.116. The molecule has 0 radical (unpaired) electrons. The molecule has 2 aromatic heterocycles. The Morgan fingerprint density at radius 2 is 1.93 bits per heavy atom. The van der Waals surface area contributed by atoms with Gasteiger partial charge in [0.2, 0.25) is 12.7 Å². The van der Waals surface area contributed by atoms with E-state index in [4.69, 9.17) is 9.47 Å². The fourth-order valence-corrected chi connectivity index (χ4v) is 3.37. The zero-order valence-corrected chi connectivity index (χ0v) is 14.5. The van der Waals surface area contributed by atoms with Crippen molar-refractivity contribution in [1.82, 2.24) is 9.97 Å². The fourth-order valence-electron chi connectivity index (χ4n) is 3.37. The van der Waals surface area contributed by atoms with E-state index in [1.54, 1.807) is 12.1 Å². The van der Waals surface area contributed by atoms with Gasteiger partial charge in [-0.2, -0.15) is 0 Å². The zero-order chi connectivity index (χ0) is 18.2. The molecule has 6 nitrogen and oxygen atoms in total. The molecule has 0 fully saturated rings. The molecule has 0 saturated carbocycles. The molecule has 3 heterocycles. The van der Waals surface area contributed by atoms with Crippen molar-refractivity contribution in [3.8, 4) is 11.5 Å². The summed E-state index contributed by atoms with van der Waals surface area (Å²) in [6, 6.07) is 15.6. The van der Waals surface area contributed by atoms with Crippen LogP contribution in [0, 0.1) is 0 Å². The Bertz CT molecular complexity index is 1170. The summed E-state index contributed by atoms with van der Waals surface area (Å²) in [6.07, 6.45) is 2.77. The zero-order valence-electron chi connectivity index (χ0n) is 14.5. The fraction of sp³-hybridized carbons (Fsp3) is 0.143. The van der Waals surface area contributed by atoms with E-state index in [2.05, 4.69) is 27.4 Å². The molecule has 134 valence electrons. The van der Waals surface area contributed by atoms with Gasteiger partial charge < -0.3 is 19.8 Å². The Labute approximate surface area is 155 Å². The van der Waals surface area contributed by atoms with Crippen LogP contribution in [0.5, 0.6) is 11.5 Å². The lowest BCUT2D eigenvalue weighted by Crippen LogP contribution is -2.12.